The van der Waals surface area contributed by atoms with Crippen LogP contribution in [0, 0.1) is 0 Å². The SMILES string of the molecule is O=C(Cc1cccs1)N[C@H](Cc1ccccc1)c1nnc(N2CCSCC2)o1. The minimum atomic E-state index is -0.352. The van der Waals surface area contributed by atoms with E-state index in [2.05, 4.69) is 20.4 Å². The van der Waals surface area contributed by atoms with Crippen molar-refractivity contribution < 1.29 is 9.21 Å². The average Bonchev–Trinajstić information content (AvgIpc) is 3.41. The first-order valence-electron chi connectivity index (χ1n) is 9.30. The molecular formula is C20H22N4O2S2. The van der Waals surface area contributed by atoms with Gasteiger partial charge in [0.2, 0.25) is 11.8 Å². The summed E-state index contributed by atoms with van der Waals surface area (Å²) in [7, 11) is 0. The fourth-order valence-corrected chi connectivity index (χ4v) is 4.72. The molecule has 0 spiro atoms. The summed E-state index contributed by atoms with van der Waals surface area (Å²) >= 11 is 3.51. The van der Waals surface area contributed by atoms with Crippen molar-refractivity contribution in [2.24, 2.45) is 0 Å². The molecule has 2 aromatic heterocycles. The molecular weight excluding hydrogens is 392 g/mol. The topological polar surface area (TPSA) is 71.3 Å². The molecule has 146 valence electrons. The molecule has 1 fully saturated rings. The Balaban J connectivity index is 1.50. The van der Waals surface area contributed by atoms with Gasteiger partial charge in [-0.15, -0.1) is 16.4 Å². The van der Waals surface area contributed by atoms with E-state index in [-0.39, 0.29) is 11.9 Å². The van der Waals surface area contributed by atoms with E-state index in [1.807, 2.05) is 59.6 Å². The lowest BCUT2D eigenvalue weighted by molar-refractivity contribution is -0.121. The number of carbonyl (C=O) groups is 1. The maximum absolute atomic E-state index is 12.6. The summed E-state index contributed by atoms with van der Waals surface area (Å²) in [5.41, 5.74) is 1.11. The zero-order valence-electron chi connectivity index (χ0n) is 15.4. The van der Waals surface area contributed by atoms with E-state index in [0.717, 1.165) is 35.0 Å². The zero-order chi connectivity index (χ0) is 19.2. The number of aromatic nitrogens is 2. The second-order valence-corrected chi connectivity index (χ2v) is 8.85. The molecule has 1 saturated heterocycles. The van der Waals surface area contributed by atoms with Crippen molar-refractivity contribution in [2.45, 2.75) is 18.9 Å². The second-order valence-electron chi connectivity index (χ2n) is 6.59. The van der Waals surface area contributed by atoms with E-state index in [0.29, 0.717) is 24.7 Å². The maximum atomic E-state index is 12.6. The summed E-state index contributed by atoms with van der Waals surface area (Å²) in [5.74, 6) is 2.53. The molecule has 0 unspecified atom stereocenters. The van der Waals surface area contributed by atoms with Crippen LogP contribution < -0.4 is 10.2 Å². The molecule has 1 aromatic carbocycles. The highest BCUT2D eigenvalue weighted by atomic mass is 32.2. The Morgan fingerprint density at radius 2 is 1.96 bits per heavy atom. The molecule has 0 aliphatic carbocycles. The number of thioether (sulfide) groups is 1. The minimum Gasteiger partial charge on any atom is -0.406 e. The number of carbonyl (C=O) groups excluding carboxylic acids is 1. The van der Waals surface area contributed by atoms with Crippen molar-refractivity contribution in [3.8, 4) is 0 Å². The summed E-state index contributed by atoms with van der Waals surface area (Å²) in [6, 6.07) is 14.2. The third kappa shape index (κ3) is 4.94. The van der Waals surface area contributed by atoms with Gasteiger partial charge in [0.15, 0.2) is 0 Å². The van der Waals surface area contributed by atoms with E-state index in [1.165, 1.54) is 0 Å². The number of anilines is 1. The van der Waals surface area contributed by atoms with Crippen LogP contribution in [0.25, 0.3) is 0 Å². The predicted octanol–water partition coefficient (Wildman–Crippen LogP) is 3.33. The first-order chi connectivity index (χ1) is 13.8. The van der Waals surface area contributed by atoms with Crippen molar-refractivity contribution in [1.29, 1.82) is 0 Å². The van der Waals surface area contributed by atoms with Crippen LogP contribution in [0.1, 0.15) is 22.4 Å². The van der Waals surface area contributed by atoms with Crippen LogP contribution in [0.4, 0.5) is 6.01 Å². The van der Waals surface area contributed by atoms with Crippen LogP contribution in [-0.2, 0) is 17.6 Å². The first-order valence-corrected chi connectivity index (χ1v) is 11.3. The Kier molecular flexibility index (Phi) is 6.28. The Bertz CT molecular complexity index is 877. The number of hydrogen-bond acceptors (Lipinski definition) is 7. The molecule has 1 aliphatic rings. The number of rotatable bonds is 7. The highest BCUT2D eigenvalue weighted by Gasteiger charge is 2.24. The quantitative estimate of drug-likeness (QED) is 0.639. The lowest BCUT2D eigenvalue weighted by atomic mass is 10.1. The Labute approximate surface area is 172 Å². The third-order valence-corrected chi connectivity index (χ3v) is 6.36. The largest absolute Gasteiger partial charge is 0.406 e. The molecule has 1 atom stereocenters. The van der Waals surface area contributed by atoms with Gasteiger partial charge >= 0.3 is 6.01 Å². The van der Waals surface area contributed by atoms with Gasteiger partial charge in [-0.2, -0.15) is 11.8 Å². The van der Waals surface area contributed by atoms with Gasteiger partial charge in [-0.3, -0.25) is 4.79 Å². The van der Waals surface area contributed by atoms with Gasteiger partial charge in [0, 0.05) is 35.9 Å². The van der Waals surface area contributed by atoms with Crippen LogP contribution in [0.5, 0.6) is 0 Å². The summed E-state index contributed by atoms with van der Waals surface area (Å²) < 4.78 is 5.98. The summed E-state index contributed by atoms with van der Waals surface area (Å²) in [4.78, 5) is 15.7. The molecule has 8 heteroatoms. The second kappa shape index (κ2) is 9.25. The molecule has 3 heterocycles. The van der Waals surface area contributed by atoms with Crippen LogP contribution >= 0.6 is 23.1 Å². The number of thiophene rings is 1. The maximum Gasteiger partial charge on any atom is 0.318 e. The molecule has 3 aromatic rings. The lowest BCUT2D eigenvalue weighted by Gasteiger charge is -2.24. The molecule has 0 radical (unpaired) electrons. The molecule has 1 N–H and O–H groups in total. The number of nitrogens with one attached hydrogen (secondary N) is 1. The summed E-state index contributed by atoms with van der Waals surface area (Å²) in [6.07, 6.45) is 0.960. The molecule has 4 rings (SSSR count). The molecule has 1 amide bonds. The lowest BCUT2D eigenvalue weighted by Crippen LogP contribution is -2.32. The van der Waals surface area contributed by atoms with E-state index in [1.54, 1.807) is 11.3 Å². The molecule has 28 heavy (non-hydrogen) atoms. The van der Waals surface area contributed by atoms with Crippen LogP contribution in [0.3, 0.4) is 0 Å². The highest BCUT2D eigenvalue weighted by molar-refractivity contribution is 7.99. The van der Waals surface area contributed by atoms with Crippen molar-refractivity contribution in [2.75, 3.05) is 29.5 Å². The number of benzene rings is 1. The fourth-order valence-electron chi connectivity index (χ4n) is 3.12. The summed E-state index contributed by atoms with van der Waals surface area (Å²) in [6.45, 7) is 1.81. The van der Waals surface area contributed by atoms with Gasteiger partial charge in [-0.25, -0.2) is 0 Å². The fraction of sp³-hybridized carbons (Fsp3) is 0.350. The van der Waals surface area contributed by atoms with E-state index in [9.17, 15) is 4.79 Å². The van der Waals surface area contributed by atoms with Gasteiger partial charge in [-0.1, -0.05) is 41.5 Å². The minimum absolute atomic E-state index is 0.0440. The standard InChI is InChI=1S/C20H22N4O2S2/c25-18(14-16-7-4-10-28-16)21-17(13-15-5-2-1-3-6-15)19-22-23-20(26-19)24-8-11-27-12-9-24/h1-7,10,17H,8-9,11-14H2,(H,21,25)/t17-/m1/s1. The zero-order valence-corrected chi connectivity index (χ0v) is 17.0. The van der Waals surface area contributed by atoms with Crippen LogP contribution in [0.2, 0.25) is 0 Å². The van der Waals surface area contributed by atoms with Gasteiger partial charge in [0.25, 0.3) is 0 Å². The normalized spacial score (nSPS) is 15.4. The average molecular weight is 415 g/mol. The predicted molar refractivity (Wildman–Crippen MR) is 113 cm³/mol. The van der Waals surface area contributed by atoms with Crippen molar-refractivity contribution >= 4 is 35.0 Å². The van der Waals surface area contributed by atoms with E-state index >= 15 is 0 Å². The van der Waals surface area contributed by atoms with E-state index < -0.39 is 0 Å². The number of nitrogens with zero attached hydrogens (tertiary/aromatic N) is 3. The van der Waals surface area contributed by atoms with Gasteiger partial charge in [0.1, 0.15) is 6.04 Å². The van der Waals surface area contributed by atoms with Gasteiger partial charge in [0.05, 0.1) is 6.42 Å². The van der Waals surface area contributed by atoms with Crippen molar-refractivity contribution in [3.63, 3.8) is 0 Å². The van der Waals surface area contributed by atoms with E-state index in [4.69, 9.17) is 4.42 Å². The van der Waals surface area contributed by atoms with Crippen LogP contribution in [-0.4, -0.2) is 40.7 Å². The van der Waals surface area contributed by atoms with Crippen LogP contribution in [0.15, 0.2) is 52.3 Å². The highest BCUT2D eigenvalue weighted by Crippen LogP contribution is 2.23. The molecule has 6 nitrogen and oxygen atoms in total. The molecule has 0 saturated carbocycles. The van der Waals surface area contributed by atoms with Crippen molar-refractivity contribution in [1.82, 2.24) is 15.5 Å². The molecule has 0 bridgehead atoms. The monoisotopic (exact) mass is 414 g/mol. The Morgan fingerprint density at radius 1 is 1.14 bits per heavy atom. The Hall–Kier alpha value is -2.32. The summed E-state index contributed by atoms with van der Waals surface area (Å²) in [5, 5.41) is 13.6. The smallest absolute Gasteiger partial charge is 0.318 e. The molecule has 1 aliphatic heterocycles. The first kappa shape index (κ1) is 19.0. The number of hydrogen-bond donors (Lipinski definition) is 1. The van der Waals surface area contributed by atoms with Crippen molar-refractivity contribution in [3.05, 3.63) is 64.2 Å². The Morgan fingerprint density at radius 3 is 2.71 bits per heavy atom. The van der Waals surface area contributed by atoms with Gasteiger partial charge < -0.3 is 14.6 Å². The van der Waals surface area contributed by atoms with Gasteiger partial charge in [-0.05, 0) is 17.0 Å². The number of amides is 1. The third-order valence-electron chi connectivity index (χ3n) is 4.54.